The summed E-state index contributed by atoms with van der Waals surface area (Å²) in [5.74, 6) is -0.634. The van der Waals surface area contributed by atoms with Gasteiger partial charge in [0.15, 0.2) is 0 Å². The van der Waals surface area contributed by atoms with Gasteiger partial charge < -0.3 is 15.5 Å². The van der Waals surface area contributed by atoms with Crippen LogP contribution in [-0.2, 0) is 9.59 Å². The van der Waals surface area contributed by atoms with Crippen molar-refractivity contribution in [3.63, 3.8) is 0 Å². The SMILES string of the molecule is Cc1cc(C)c(NC(=O)CNC(=O)C2CCN(c3ccccc3[N+](=O)[O-])CC2)c(C)c1. The Kier molecular flexibility index (Phi) is 6.89. The lowest BCUT2D eigenvalue weighted by molar-refractivity contribution is -0.384. The van der Waals surface area contributed by atoms with Gasteiger partial charge in [0.1, 0.15) is 5.69 Å². The zero-order chi connectivity index (χ0) is 22.5. The average Bonchev–Trinajstić information content (AvgIpc) is 2.74. The molecule has 8 heteroatoms. The summed E-state index contributed by atoms with van der Waals surface area (Å²) in [6.45, 7) is 6.91. The van der Waals surface area contributed by atoms with E-state index in [4.69, 9.17) is 0 Å². The topological polar surface area (TPSA) is 105 Å². The zero-order valence-corrected chi connectivity index (χ0v) is 18.1. The normalized spacial score (nSPS) is 14.2. The molecule has 0 bridgehead atoms. The fourth-order valence-electron chi connectivity index (χ4n) is 4.14. The highest BCUT2D eigenvalue weighted by molar-refractivity contribution is 5.96. The molecule has 0 aliphatic carbocycles. The van der Waals surface area contributed by atoms with Crippen LogP contribution in [0.4, 0.5) is 17.1 Å². The van der Waals surface area contributed by atoms with E-state index in [1.165, 1.54) is 6.07 Å². The summed E-state index contributed by atoms with van der Waals surface area (Å²) in [7, 11) is 0. The first-order valence-electron chi connectivity index (χ1n) is 10.4. The Hall–Kier alpha value is -3.42. The molecule has 0 radical (unpaired) electrons. The molecule has 2 aromatic rings. The van der Waals surface area contributed by atoms with Crippen molar-refractivity contribution < 1.29 is 14.5 Å². The summed E-state index contributed by atoms with van der Waals surface area (Å²) in [6.07, 6.45) is 1.16. The first-order chi connectivity index (χ1) is 14.8. The van der Waals surface area contributed by atoms with E-state index in [0.29, 0.717) is 31.6 Å². The van der Waals surface area contributed by atoms with Gasteiger partial charge in [-0.2, -0.15) is 0 Å². The summed E-state index contributed by atoms with van der Waals surface area (Å²) in [5, 5.41) is 16.9. The van der Waals surface area contributed by atoms with Crippen LogP contribution in [0, 0.1) is 36.8 Å². The highest BCUT2D eigenvalue weighted by atomic mass is 16.6. The summed E-state index contributed by atoms with van der Waals surface area (Å²) in [6, 6.07) is 10.7. The zero-order valence-electron chi connectivity index (χ0n) is 18.1. The van der Waals surface area contributed by atoms with Crippen LogP contribution in [0.5, 0.6) is 0 Å². The van der Waals surface area contributed by atoms with Gasteiger partial charge >= 0.3 is 0 Å². The van der Waals surface area contributed by atoms with Crippen molar-refractivity contribution in [2.75, 3.05) is 29.9 Å². The van der Waals surface area contributed by atoms with Gasteiger partial charge in [-0.25, -0.2) is 0 Å². The number of anilines is 2. The number of rotatable bonds is 6. The Balaban J connectivity index is 1.51. The summed E-state index contributed by atoms with van der Waals surface area (Å²) >= 11 is 0. The van der Waals surface area contributed by atoms with Gasteiger partial charge in [-0.3, -0.25) is 19.7 Å². The second-order valence-electron chi connectivity index (χ2n) is 8.05. The van der Waals surface area contributed by atoms with Crippen molar-refractivity contribution in [2.24, 2.45) is 5.92 Å². The van der Waals surface area contributed by atoms with Gasteiger partial charge in [0.2, 0.25) is 11.8 Å². The molecule has 0 saturated carbocycles. The van der Waals surface area contributed by atoms with Crippen molar-refractivity contribution in [1.29, 1.82) is 0 Å². The number of aryl methyl sites for hydroxylation is 3. The van der Waals surface area contributed by atoms with Crippen molar-refractivity contribution in [2.45, 2.75) is 33.6 Å². The van der Waals surface area contributed by atoms with E-state index in [2.05, 4.69) is 10.6 Å². The molecule has 31 heavy (non-hydrogen) atoms. The standard InChI is InChI=1S/C23H28N4O4/c1-15-12-16(2)22(17(3)13-15)25-21(28)14-24-23(29)18-8-10-26(11-9-18)19-6-4-5-7-20(19)27(30)31/h4-7,12-13,18H,8-11,14H2,1-3H3,(H,24,29)(H,25,28). The summed E-state index contributed by atoms with van der Waals surface area (Å²) < 4.78 is 0. The molecule has 0 unspecified atom stereocenters. The van der Waals surface area contributed by atoms with Crippen LogP contribution in [0.1, 0.15) is 29.5 Å². The Morgan fingerprint density at radius 1 is 1.10 bits per heavy atom. The summed E-state index contributed by atoms with van der Waals surface area (Å²) in [4.78, 5) is 37.7. The highest BCUT2D eigenvalue weighted by Gasteiger charge is 2.28. The van der Waals surface area contributed by atoms with Crippen LogP contribution in [-0.4, -0.2) is 36.4 Å². The maximum atomic E-state index is 12.5. The number of para-hydroxylation sites is 2. The number of carbonyl (C=O) groups excluding carboxylic acids is 2. The van der Waals surface area contributed by atoms with Crippen LogP contribution in [0.15, 0.2) is 36.4 Å². The van der Waals surface area contributed by atoms with Crippen LogP contribution in [0.3, 0.4) is 0 Å². The molecule has 1 heterocycles. The molecular weight excluding hydrogens is 396 g/mol. The number of hydrogen-bond acceptors (Lipinski definition) is 5. The largest absolute Gasteiger partial charge is 0.366 e. The second kappa shape index (κ2) is 9.59. The first-order valence-corrected chi connectivity index (χ1v) is 10.4. The number of nitrogens with zero attached hydrogens (tertiary/aromatic N) is 2. The van der Waals surface area contributed by atoms with Gasteiger partial charge in [-0.1, -0.05) is 29.8 Å². The smallest absolute Gasteiger partial charge is 0.292 e. The maximum absolute atomic E-state index is 12.5. The Labute approximate surface area is 181 Å². The fourth-order valence-corrected chi connectivity index (χ4v) is 4.14. The number of carbonyl (C=O) groups is 2. The van der Waals surface area contributed by atoms with E-state index in [1.54, 1.807) is 18.2 Å². The van der Waals surface area contributed by atoms with Gasteiger partial charge in [0, 0.05) is 30.8 Å². The Bertz CT molecular complexity index is 974. The minimum atomic E-state index is -0.385. The monoisotopic (exact) mass is 424 g/mol. The summed E-state index contributed by atoms with van der Waals surface area (Å²) in [5.41, 5.74) is 4.54. The third kappa shape index (κ3) is 5.39. The molecular formula is C23H28N4O4. The second-order valence-corrected chi connectivity index (χ2v) is 8.05. The molecule has 2 aromatic carbocycles. The molecule has 1 fully saturated rings. The predicted molar refractivity (Wildman–Crippen MR) is 120 cm³/mol. The number of nitro benzene ring substituents is 1. The van der Waals surface area contributed by atoms with Crippen molar-refractivity contribution in [1.82, 2.24) is 5.32 Å². The number of amides is 2. The Morgan fingerprint density at radius 2 is 1.71 bits per heavy atom. The van der Waals surface area contributed by atoms with Crippen LogP contribution >= 0.6 is 0 Å². The molecule has 3 rings (SSSR count). The minimum Gasteiger partial charge on any atom is -0.366 e. The lowest BCUT2D eigenvalue weighted by Crippen LogP contribution is -2.42. The lowest BCUT2D eigenvalue weighted by Gasteiger charge is -2.32. The van der Waals surface area contributed by atoms with Gasteiger partial charge in [0.05, 0.1) is 11.5 Å². The van der Waals surface area contributed by atoms with Crippen molar-refractivity contribution in [3.8, 4) is 0 Å². The third-order valence-electron chi connectivity index (χ3n) is 5.65. The minimum absolute atomic E-state index is 0.0729. The molecule has 0 atom stereocenters. The number of piperidine rings is 1. The van der Waals surface area contributed by atoms with E-state index in [-0.39, 0.29) is 34.9 Å². The predicted octanol–water partition coefficient (Wildman–Crippen LogP) is 3.49. The molecule has 1 saturated heterocycles. The quantitative estimate of drug-likeness (QED) is 0.546. The number of benzene rings is 2. The lowest BCUT2D eigenvalue weighted by atomic mass is 9.95. The van der Waals surface area contributed by atoms with Crippen LogP contribution in [0.25, 0.3) is 0 Å². The van der Waals surface area contributed by atoms with E-state index in [1.807, 2.05) is 37.8 Å². The van der Waals surface area contributed by atoms with E-state index >= 15 is 0 Å². The number of nitro groups is 1. The van der Waals surface area contributed by atoms with Crippen LogP contribution in [0.2, 0.25) is 0 Å². The van der Waals surface area contributed by atoms with Gasteiger partial charge in [-0.05, 0) is 50.8 Å². The maximum Gasteiger partial charge on any atom is 0.292 e. The van der Waals surface area contributed by atoms with Crippen molar-refractivity contribution in [3.05, 3.63) is 63.2 Å². The van der Waals surface area contributed by atoms with Crippen LogP contribution < -0.4 is 15.5 Å². The highest BCUT2D eigenvalue weighted by Crippen LogP contribution is 2.31. The third-order valence-corrected chi connectivity index (χ3v) is 5.65. The van der Waals surface area contributed by atoms with Crippen molar-refractivity contribution >= 4 is 28.9 Å². The average molecular weight is 425 g/mol. The van der Waals surface area contributed by atoms with E-state index in [0.717, 1.165) is 22.4 Å². The number of hydrogen-bond donors (Lipinski definition) is 2. The fraction of sp³-hybridized carbons (Fsp3) is 0.391. The van der Waals surface area contributed by atoms with Gasteiger partial charge in [0.25, 0.3) is 5.69 Å². The Morgan fingerprint density at radius 3 is 2.32 bits per heavy atom. The number of nitrogens with one attached hydrogen (secondary N) is 2. The molecule has 1 aliphatic rings. The molecule has 2 N–H and O–H groups in total. The molecule has 164 valence electrons. The van der Waals surface area contributed by atoms with Gasteiger partial charge in [-0.15, -0.1) is 0 Å². The first kappa shape index (κ1) is 22.3. The molecule has 0 aromatic heterocycles. The molecule has 0 spiro atoms. The van der Waals surface area contributed by atoms with E-state index in [9.17, 15) is 19.7 Å². The van der Waals surface area contributed by atoms with E-state index < -0.39 is 0 Å². The molecule has 8 nitrogen and oxygen atoms in total. The molecule has 2 amide bonds. The molecule has 1 aliphatic heterocycles.